The Morgan fingerprint density at radius 1 is 0.833 bits per heavy atom. The van der Waals surface area contributed by atoms with Gasteiger partial charge in [-0.05, 0) is 24.7 Å². The zero-order chi connectivity index (χ0) is 8.29. The average molecular weight is 164 g/mol. The van der Waals surface area contributed by atoms with Gasteiger partial charge in [-0.25, -0.2) is 0 Å². The van der Waals surface area contributed by atoms with E-state index >= 15 is 0 Å². The average Bonchev–Trinajstić information content (AvgIpc) is 2.49. The van der Waals surface area contributed by atoms with E-state index in [0.717, 1.165) is 12.8 Å². The fraction of sp³-hybridized carbons (Fsp3) is 0.800. The van der Waals surface area contributed by atoms with E-state index in [9.17, 15) is 9.59 Å². The van der Waals surface area contributed by atoms with Crippen molar-refractivity contribution < 1.29 is 9.59 Å². The molecule has 0 aromatic carbocycles. The summed E-state index contributed by atoms with van der Waals surface area (Å²) in [4.78, 5) is 22.9. The summed E-state index contributed by atoms with van der Waals surface area (Å²) in [5.74, 6) is 2.32. The van der Waals surface area contributed by atoms with Crippen LogP contribution >= 0.6 is 0 Å². The monoisotopic (exact) mass is 164 g/mol. The van der Waals surface area contributed by atoms with Gasteiger partial charge in [-0.1, -0.05) is 0 Å². The second-order valence-electron chi connectivity index (χ2n) is 4.55. The number of carbonyl (C=O) groups excluding carboxylic acids is 2. The van der Waals surface area contributed by atoms with Gasteiger partial charge in [0.15, 0.2) is 0 Å². The van der Waals surface area contributed by atoms with Crippen LogP contribution in [0.2, 0.25) is 0 Å². The van der Waals surface area contributed by atoms with Gasteiger partial charge >= 0.3 is 0 Å². The smallest absolute Gasteiger partial charge is 0.136 e. The van der Waals surface area contributed by atoms with Crippen molar-refractivity contribution in [2.45, 2.75) is 25.7 Å². The molecule has 3 fully saturated rings. The summed E-state index contributed by atoms with van der Waals surface area (Å²) in [5, 5.41) is 0. The van der Waals surface area contributed by atoms with E-state index in [1.807, 2.05) is 0 Å². The number of carbonyl (C=O) groups is 2. The molecule has 0 aromatic heterocycles. The Bertz CT molecular complexity index is 241. The third kappa shape index (κ3) is 0.661. The topological polar surface area (TPSA) is 34.1 Å². The molecule has 2 heteroatoms. The number of rotatable bonds is 0. The highest BCUT2D eigenvalue weighted by Gasteiger charge is 2.53. The molecule has 0 aromatic rings. The Labute approximate surface area is 71.3 Å². The number of hydrogen-bond acceptors (Lipinski definition) is 2. The first-order valence-corrected chi connectivity index (χ1v) is 4.81. The van der Waals surface area contributed by atoms with Gasteiger partial charge in [0, 0.05) is 24.7 Å². The Hall–Kier alpha value is -0.660. The molecule has 12 heavy (non-hydrogen) atoms. The predicted octanol–water partition coefficient (Wildman–Crippen LogP) is 1.19. The van der Waals surface area contributed by atoms with E-state index in [-0.39, 0.29) is 11.8 Å². The van der Waals surface area contributed by atoms with Crippen molar-refractivity contribution in [3.63, 3.8) is 0 Å². The molecule has 0 amide bonds. The third-order valence-corrected chi connectivity index (χ3v) is 4.01. The van der Waals surface area contributed by atoms with Crippen molar-refractivity contribution in [1.29, 1.82) is 0 Å². The van der Waals surface area contributed by atoms with Crippen molar-refractivity contribution in [2.75, 3.05) is 0 Å². The highest BCUT2D eigenvalue weighted by molar-refractivity contribution is 5.91. The zero-order valence-electron chi connectivity index (χ0n) is 6.95. The minimum absolute atomic E-state index is 0.276. The third-order valence-electron chi connectivity index (χ3n) is 4.01. The maximum absolute atomic E-state index is 11.4. The van der Waals surface area contributed by atoms with Crippen molar-refractivity contribution in [3.8, 4) is 0 Å². The molecule has 0 radical (unpaired) electrons. The molecule has 3 aliphatic rings. The first-order chi connectivity index (χ1) is 5.75. The Morgan fingerprint density at radius 3 is 1.67 bits per heavy atom. The highest BCUT2D eigenvalue weighted by atomic mass is 16.1. The van der Waals surface area contributed by atoms with Crippen molar-refractivity contribution in [2.24, 2.45) is 23.7 Å². The normalized spacial score (nSPS) is 50.3. The summed E-state index contributed by atoms with van der Waals surface area (Å²) < 4.78 is 0. The minimum Gasteiger partial charge on any atom is -0.299 e. The van der Waals surface area contributed by atoms with E-state index in [1.54, 1.807) is 0 Å². The molecule has 4 unspecified atom stereocenters. The van der Waals surface area contributed by atoms with Gasteiger partial charge in [0.25, 0.3) is 0 Å². The van der Waals surface area contributed by atoms with E-state index in [4.69, 9.17) is 0 Å². The molecule has 3 saturated carbocycles. The molecule has 0 spiro atoms. The van der Waals surface area contributed by atoms with E-state index in [1.165, 1.54) is 0 Å². The van der Waals surface area contributed by atoms with Crippen LogP contribution in [0.3, 0.4) is 0 Å². The van der Waals surface area contributed by atoms with Crippen LogP contribution in [0.25, 0.3) is 0 Å². The van der Waals surface area contributed by atoms with Gasteiger partial charge in [-0.15, -0.1) is 0 Å². The van der Waals surface area contributed by atoms with E-state index in [0.29, 0.717) is 36.2 Å². The molecule has 4 bridgehead atoms. The maximum Gasteiger partial charge on any atom is 0.136 e. The van der Waals surface area contributed by atoms with Crippen LogP contribution in [0.1, 0.15) is 25.7 Å². The highest BCUT2D eigenvalue weighted by Crippen LogP contribution is 2.52. The Balaban J connectivity index is 2.02. The fourth-order valence-corrected chi connectivity index (χ4v) is 3.43. The van der Waals surface area contributed by atoms with Crippen molar-refractivity contribution >= 4 is 11.6 Å². The minimum atomic E-state index is 0.276. The molecular formula is C10H12O2. The van der Waals surface area contributed by atoms with Crippen LogP contribution < -0.4 is 0 Å². The van der Waals surface area contributed by atoms with Gasteiger partial charge in [0.05, 0.1) is 0 Å². The molecule has 3 rings (SSSR count). The number of Topliss-reactive ketones (excluding diaryl/α,β-unsaturated/α-hetero) is 2. The molecule has 3 aliphatic carbocycles. The van der Waals surface area contributed by atoms with Crippen LogP contribution in [0, 0.1) is 23.7 Å². The maximum atomic E-state index is 11.4. The second kappa shape index (κ2) is 1.98. The van der Waals surface area contributed by atoms with Gasteiger partial charge in [-0.3, -0.25) is 9.59 Å². The lowest BCUT2D eigenvalue weighted by Gasteiger charge is -2.23. The number of fused-ring (bicyclic) bond motifs is 6. The number of ketones is 2. The quantitative estimate of drug-likeness (QED) is 0.539. The summed E-state index contributed by atoms with van der Waals surface area (Å²) in [6, 6.07) is 0. The van der Waals surface area contributed by atoms with Crippen LogP contribution in [0.15, 0.2) is 0 Å². The molecule has 0 aliphatic heterocycles. The van der Waals surface area contributed by atoms with E-state index < -0.39 is 0 Å². The SMILES string of the molecule is O=C1CC2CC1C1CC(=O)C2C1. The molecule has 4 atom stereocenters. The zero-order valence-corrected chi connectivity index (χ0v) is 6.95. The largest absolute Gasteiger partial charge is 0.299 e. The summed E-state index contributed by atoms with van der Waals surface area (Å²) in [6.45, 7) is 0. The summed E-state index contributed by atoms with van der Waals surface area (Å²) >= 11 is 0. The van der Waals surface area contributed by atoms with Gasteiger partial charge in [0.2, 0.25) is 0 Å². The van der Waals surface area contributed by atoms with Gasteiger partial charge in [0.1, 0.15) is 11.6 Å². The molecule has 2 nitrogen and oxygen atoms in total. The Morgan fingerprint density at radius 2 is 1.25 bits per heavy atom. The molecule has 0 saturated heterocycles. The summed E-state index contributed by atoms with van der Waals surface area (Å²) in [7, 11) is 0. The first-order valence-electron chi connectivity index (χ1n) is 4.81. The van der Waals surface area contributed by atoms with Crippen molar-refractivity contribution in [3.05, 3.63) is 0 Å². The number of hydrogen-bond donors (Lipinski definition) is 0. The molecule has 64 valence electrons. The summed E-state index contributed by atoms with van der Waals surface area (Å²) in [6.07, 6.45) is 3.47. The van der Waals surface area contributed by atoms with E-state index in [2.05, 4.69) is 0 Å². The lowest BCUT2D eigenvalue weighted by Crippen LogP contribution is -2.20. The Kier molecular flexibility index (Phi) is 1.12. The fourth-order valence-electron chi connectivity index (χ4n) is 3.43. The van der Waals surface area contributed by atoms with Crippen LogP contribution in [-0.4, -0.2) is 11.6 Å². The summed E-state index contributed by atoms with van der Waals surface area (Å²) in [5.41, 5.74) is 0. The lowest BCUT2D eigenvalue weighted by atomic mass is 9.80. The van der Waals surface area contributed by atoms with Gasteiger partial charge in [-0.2, -0.15) is 0 Å². The molecular weight excluding hydrogens is 152 g/mol. The standard InChI is InChI=1S/C10H12O2/c11-9-3-5-1-7(9)6-2-8(5)10(12)4-6/h5-8H,1-4H2. The lowest BCUT2D eigenvalue weighted by molar-refractivity contribution is -0.123. The molecule has 0 N–H and O–H groups in total. The molecule has 0 heterocycles. The van der Waals surface area contributed by atoms with Crippen LogP contribution in [0.4, 0.5) is 0 Å². The van der Waals surface area contributed by atoms with Crippen LogP contribution in [0.5, 0.6) is 0 Å². The van der Waals surface area contributed by atoms with Gasteiger partial charge < -0.3 is 0 Å². The van der Waals surface area contributed by atoms with Crippen molar-refractivity contribution in [1.82, 2.24) is 0 Å². The predicted molar refractivity (Wildman–Crippen MR) is 42.4 cm³/mol. The second-order valence-corrected chi connectivity index (χ2v) is 4.55. The first kappa shape index (κ1) is 6.81. The van der Waals surface area contributed by atoms with Crippen LogP contribution in [-0.2, 0) is 9.59 Å².